The van der Waals surface area contributed by atoms with Crippen molar-refractivity contribution < 1.29 is 14.3 Å². The molecule has 4 rings (SSSR count). The number of rotatable bonds is 3. The largest absolute Gasteiger partial charge is 0.465 e. The number of ether oxygens (including phenoxy) is 2. The summed E-state index contributed by atoms with van der Waals surface area (Å²) in [5, 5.41) is 1.03. The number of methoxy groups -OCH3 is 1. The highest BCUT2D eigenvalue weighted by atomic mass is 32.1. The van der Waals surface area contributed by atoms with E-state index in [1.165, 1.54) is 24.0 Å². The first-order valence-corrected chi connectivity index (χ1v) is 9.09. The van der Waals surface area contributed by atoms with Crippen LogP contribution >= 0.6 is 11.3 Å². The zero-order chi connectivity index (χ0) is 17.4. The van der Waals surface area contributed by atoms with Crippen molar-refractivity contribution in [1.82, 2.24) is 9.97 Å². The number of nitrogens with zero attached hydrogens (tertiary/aromatic N) is 2. The Bertz CT molecular complexity index is 934. The van der Waals surface area contributed by atoms with Crippen molar-refractivity contribution in [2.24, 2.45) is 5.92 Å². The minimum atomic E-state index is -0.364. The van der Waals surface area contributed by atoms with Crippen molar-refractivity contribution in [2.75, 3.05) is 7.11 Å². The molecule has 3 aromatic rings. The van der Waals surface area contributed by atoms with E-state index in [1.54, 1.807) is 41.9 Å². The highest BCUT2D eigenvalue weighted by Crippen LogP contribution is 2.41. The number of fused-ring (bicyclic) bond motifs is 3. The summed E-state index contributed by atoms with van der Waals surface area (Å²) in [6.07, 6.45) is 4.87. The van der Waals surface area contributed by atoms with E-state index in [2.05, 4.69) is 16.9 Å². The third-order valence-corrected chi connectivity index (χ3v) is 5.71. The molecule has 2 heterocycles. The van der Waals surface area contributed by atoms with Crippen LogP contribution in [0.25, 0.3) is 10.2 Å². The topological polar surface area (TPSA) is 61.3 Å². The first-order chi connectivity index (χ1) is 12.2. The fourth-order valence-corrected chi connectivity index (χ4v) is 4.55. The molecule has 0 bridgehead atoms. The Labute approximate surface area is 149 Å². The van der Waals surface area contributed by atoms with Crippen LogP contribution in [0.3, 0.4) is 0 Å². The third kappa shape index (κ3) is 2.98. The molecule has 2 aromatic heterocycles. The summed E-state index contributed by atoms with van der Waals surface area (Å²) in [7, 11) is 1.37. The van der Waals surface area contributed by atoms with Crippen LogP contribution in [0.2, 0.25) is 0 Å². The van der Waals surface area contributed by atoms with Gasteiger partial charge in [0.25, 0.3) is 0 Å². The van der Waals surface area contributed by atoms with E-state index >= 15 is 0 Å². The lowest BCUT2D eigenvalue weighted by atomic mass is 9.89. The van der Waals surface area contributed by atoms with Gasteiger partial charge < -0.3 is 9.47 Å². The molecule has 0 radical (unpaired) electrons. The second-order valence-corrected chi connectivity index (χ2v) is 7.41. The lowest BCUT2D eigenvalue weighted by Crippen LogP contribution is -2.08. The van der Waals surface area contributed by atoms with Gasteiger partial charge in [0.1, 0.15) is 16.9 Å². The quantitative estimate of drug-likeness (QED) is 0.653. The van der Waals surface area contributed by atoms with Crippen LogP contribution in [0.15, 0.2) is 30.6 Å². The van der Waals surface area contributed by atoms with E-state index in [0.717, 1.165) is 23.1 Å². The number of aryl methyl sites for hydroxylation is 1. The molecule has 0 saturated heterocycles. The van der Waals surface area contributed by atoms with Crippen LogP contribution in [0.1, 0.15) is 34.1 Å². The second kappa shape index (κ2) is 6.44. The smallest absolute Gasteiger partial charge is 0.337 e. The molecule has 0 unspecified atom stereocenters. The van der Waals surface area contributed by atoms with E-state index in [-0.39, 0.29) is 5.97 Å². The van der Waals surface area contributed by atoms with Gasteiger partial charge >= 0.3 is 5.97 Å². The Morgan fingerprint density at radius 3 is 2.80 bits per heavy atom. The Morgan fingerprint density at radius 1 is 1.24 bits per heavy atom. The zero-order valence-electron chi connectivity index (χ0n) is 14.1. The van der Waals surface area contributed by atoms with Crippen molar-refractivity contribution in [3.8, 4) is 11.6 Å². The number of esters is 1. The van der Waals surface area contributed by atoms with Crippen LogP contribution in [-0.2, 0) is 17.6 Å². The van der Waals surface area contributed by atoms with Gasteiger partial charge in [-0.2, -0.15) is 0 Å². The lowest BCUT2D eigenvalue weighted by Gasteiger charge is -2.18. The van der Waals surface area contributed by atoms with Crippen molar-refractivity contribution >= 4 is 27.5 Å². The third-order valence-electron chi connectivity index (χ3n) is 4.55. The predicted molar refractivity (Wildman–Crippen MR) is 96.5 cm³/mol. The molecule has 0 N–H and O–H groups in total. The average Bonchev–Trinajstić information content (AvgIpc) is 3.00. The number of carbonyl (C=O) groups excluding carboxylic acids is 1. The van der Waals surface area contributed by atoms with Gasteiger partial charge in [-0.3, -0.25) is 0 Å². The molecule has 1 aliphatic rings. The van der Waals surface area contributed by atoms with Crippen LogP contribution < -0.4 is 4.74 Å². The standard InChI is InChI=1S/C19H18N2O3S/c1-11-3-8-14-15(9-11)25-18-16(14)17(20-10-21-18)24-13-6-4-12(5-7-13)19(22)23-2/h4-7,10-11H,3,8-9H2,1-2H3/t11-/m0/s1. The molecule has 25 heavy (non-hydrogen) atoms. The number of aromatic nitrogens is 2. The van der Waals surface area contributed by atoms with Gasteiger partial charge in [0.15, 0.2) is 0 Å². The van der Waals surface area contributed by atoms with Crippen molar-refractivity contribution in [3.63, 3.8) is 0 Å². The molecule has 0 aliphatic heterocycles. The Kier molecular flexibility index (Phi) is 4.13. The molecular weight excluding hydrogens is 336 g/mol. The maximum Gasteiger partial charge on any atom is 0.337 e. The maximum absolute atomic E-state index is 11.5. The van der Waals surface area contributed by atoms with E-state index in [1.807, 2.05) is 0 Å². The van der Waals surface area contributed by atoms with Crippen LogP contribution in [0, 0.1) is 5.92 Å². The van der Waals surface area contributed by atoms with E-state index < -0.39 is 0 Å². The molecule has 0 saturated carbocycles. The zero-order valence-corrected chi connectivity index (χ0v) is 14.9. The van der Waals surface area contributed by atoms with Crippen LogP contribution in [-0.4, -0.2) is 23.0 Å². The molecule has 1 aliphatic carbocycles. The van der Waals surface area contributed by atoms with E-state index in [9.17, 15) is 4.79 Å². The monoisotopic (exact) mass is 354 g/mol. The van der Waals surface area contributed by atoms with Crippen LogP contribution in [0.5, 0.6) is 11.6 Å². The first kappa shape index (κ1) is 16.0. The summed E-state index contributed by atoms with van der Waals surface area (Å²) >= 11 is 1.75. The summed E-state index contributed by atoms with van der Waals surface area (Å²) in [5.74, 6) is 1.57. The highest BCUT2D eigenvalue weighted by molar-refractivity contribution is 7.18. The Balaban J connectivity index is 1.69. The van der Waals surface area contributed by atoms with Gasteiger partial charge in [0, 0.05) is 4.88 Å². The summed E-state index contributed by atoms with van der Waals surface area (Å²) in [4.78, 5) is 22.7. The number of benzene rings is 1. The fraction of sp³-hybridized carbons (Fsp3) is 0.316. The summed E-state index contributed by atoms with van der Waals surface area (Å²) in [5.41, 5.74) is 1.82. The highest BCUT2D eigenvalue weighted by Gasteiger charge is 2.23. The molecule has 1 aromatic carbocycles. The maximum atomic E-state index is 11.5. The molecule has 128 valence electrons. The minimum Gasteiger partial charge on any atom is -0.465 e. The molecule has 1 atom stereocenters. The summed E-state index contributed by atoms with van der Waals surface area (Å²) in [6, 6.07) is 6.87. The summed E-state index contributed by atoms with van der Waals surface area (Å²) < 4.78 is 10.7. The van der Waals surface area contributed by atoms with Crippen LogP contribution in [0.4, 0.5) is 0 Å². The Hall–Kier alpha value is -2.47. The lowest BCUT2D eigenvalue weighted by molar-refractivity contribution is 0.0600. The van der Waals surface area contributed by atoms with Gasteiger partial charge in [0.05, 0.1) is 18.1 Å². The molecule has 0 amide bonds. The number of hydrogen-bond acceptors (Lipinski definition) is 6. The van der Waals surface area contributed by atoms with Gasteiger partial charge in [-0.15, -0.1) is 11.3 Å². The molecular formula is C19H18N2O3S. The second-order valence-electron chi connectivity index (χ2n) is 6.33. The number of hydrogen-bond donors (Lipinski definition) is 0. The average molecular weight is 354 g/mol. The van der Waals surface area contributed by atoms with Crippen molar-refractivity contribution in [3.05, 3.63) is 46.6 Å². The Morgan fingerprint density at radius 2 is 2.04 bits per heavy atom. The van der Waals surface area contributed by atoms with E-state index in [0.29, 0.717) is 23.1 Å². The van der Waals surface area contributed by atoms with E-state index in [4.69, 9.17) is 9.47 Å². The van der Waals surface area contributed by atoms with Crippen molar-refractivity contribution in [2.45, 2.75) is 26.2 Å². The van der Waals surface area contributed by atoms with Gasteiger partial charge in [-0.1, -0.05) is 6.92 Å². The number of thiophene rings is 1. The molecule has 5 nitrogen and oxygen atoms in total. The minimum absolute atomic E-state index is 0.364. The first-order valence-electron chi connectivity index (χ1n) is 8.27. The van der Waals surface area contributed by atoms with Gasteiger partial charge in [-0.05, 0) is 55.0 Å². The van der Waals surface area contributed by atoms with Gasteiger partial charge in [-0.25, -0.2) is 14.8 Å². The fourth-order valence-electron chi connectivity index (χ4n) is 3.21. The SMILES string of the molecule is COC(=O)c1ccc(Oc2ncnc3sc4c(c23)CC[C@H](C)C4)cc1. The number of carbonyl (C=O) groups is 1. The predicted octanol–water partition coefficient (Wildman–Crippen LogP) is 4.40. The van der Waals surface area contributed by atoms with Gasteiger partial charge in [0.2, 0.25) is 5.88 Å². The normalized spacial score (nSPS) is 16.5. The molecule has 0 spiro atoms. The van der Waals surface area contributed by atoms with Crippen molar-refractivity contribution in [1.29, 1.82) is 0 Å². The molecule has 6 heteroatoms. The summed E-state index contributed by atoms with van der Waals surface area (Å²) in [6.45, 7) is 2.29. The molecule has 0 fully saturated rings.